The summed E-state index contributed by atoms with van der Waals surface area (Å²) in [7, 11) is -1.73. The van der Waals surface area contributed by atoms with E-state index in [1.54, 1.807) is 24.3 Å². The van der Waals surface area contributed by atoms with E-state index in [1.807, 2.05) is 13.1 Å². The Bertz CT molecular complexity index is 732. The summed E-state index contributed by atoms with van der Waals surface area (Å²) in [6, 6.07) is 8.41. The highest BCUT2D eigenvalue weighted by molar-refractivity contribution is 9.10. The number of halogens is 2. The minimum absolute atomic E-state index is 0.292. The second kappa shape index (κ2) is 7.11. The molecule has 2 aromatic rings. The van der Waals surface area contributed by atoms with Crippen molar-refractivity contribution in [1.82, 2.24) is 5.32 Å². The number of nitrogens with one attached hydrogen (secondary N) is 2. The van der Waals surface area contributed by atoms with Gasteiger partial charge in [-0.1, -0.05) is 11.6 Å². The molecule has 0 saturated heterocycles. The predicted octanol–water partition coefficient (Wildman–Crippen LogP) is 3.73. The molecule has 2 N–H and O–H groups in total. The van der Waals surface area contributed by atoms with Crippen molar-refractivity contribution in [3.8, 4) is 0 Å². The second-order valence-corrected chi connectivity index (χ2v) is 8.67. The molecular weight excluding hydrogens is 396 g/mol. The zero-order valence-corrected chi connectivity index (χ0v) is 15.2. The molecule has 0 atom stereocenters. The molecule has 1 aromatic carbocycles. The van der Waals surface area contributed by atoms with Gasteiger partial charge in [-0.25, -0.2) is 8.42 Å². The first-order valence-corrected chi connectivity index (χ1v) is 9.60. The molecule has 4 nitrogen and oxygen atoms in total. The number of thiophene rings is 1. The number of hydrogen-bond acceptors (Lipinski definition) is 4. The van der Waals surface area contributed by atoms with Gasteiger partial charge in [-0.05, 0) is 66.3 Å². The molecule has 0 aliphatic rings. The van der Waals surface area contributed by atoms with Crippen molar-refractivity contribution in [2.75, 3.05) is 18.3 Å². The number of hydrogen-bond donors (Lipinski definition) is 2. The largest absolute Gasteiger partial charge is 0.319 e. The third-order valence-corrected chi connectivity index (χ3v) is 6.62. The quantitative estimate of drug-likeness (QED) is 0.764. The minimum Gasteiger partial charge on any atom is -0.319 e. The van der Waals surface area contributed by atoms with Crippen LogP contribution in [0.4, 0.5) is 5.69 Å². The predicted molar refractivity (Wildman–Crippen MR) is 91.9 cm³/mol. The molecular formula is C13H14BrClN2O2S2. The first kappa shape index (κ1) is 16.8. The molecule has 0 saturated carbocycles. The number of sulfonamides is 1. The van der Waals surface area contributed by atoms with E-state index in [9.17, 15) is 8.42 Å². The summed E-state index contributed by atoms with van der Waals surface area (Å²) in [5.41, 5.74) is 0.424. The van der Waals surface area contributed by atoms with Crippen molar-refractivity contribution < 1.29 is 8.42 Å². The fourth-order valence-electron chi connectivity index (χ4n) is 1.66. The lowest BCUT2D eigenvalue weighted by atomic mass is 10.3. The maximum atomic E-state index is 12.4. The first-order valence-electron chi connectivity index (χ1n) is 6.13. The zero-order valence-electron chi connectivity index (χ0n) is 11.2. The molecule has 1 heterocycles. The summed E-state index contributed by atoms with van der Waals surface area (Å²) in [4.78, 5) is 1.02. The third kappa shape index (κ3) is 4.43. The number of benzene rings is 1. The van der Waals surface area contributed by atoms with Gasteiger partial charge < -0.3 is 5.32 Å². The van der Waals surface area contributed by atoms with E-state index in [4.69, 9.17) is 11.6 Å². The summed E-state index contributed by atoms with van der Waals surface area (Å²) in [6.07, 6.45) is 0.803. The Labute approximate surface area is 141 Å². The first-order chi connectivity index (χ1) is 9.92. The van der Waals surface area contributed by atoms with Crippen LogP contribution in [0.5, 0.6) is 0 Å². The van der Waals surface area contributed by atoms with Crippen LogP contribution in [0.15, 0.2) is 39.0 Å². The summed E-state index contributed by atoms with van der Waals surface area (Å²) >= 11 is 10.5. The Balaban J connectivity index is 2.22. The van der Waals surface area contributed by atoms with Gasteiger partial charge in [0.05, 0.1) is 5.69 Å². The van der Waals surface area contributed by atoms with Gasteiger partial charge in [0, 0.05) is 14.4 Å². The van der Waals surface area contributed by atoms with Crippen LogP contribution in [0.25, 0.3) is 0 Å². The molecule has 0 unspecified atom stereocenters. The second-order valence-electron chi connectivity index (χ2n) is 4.30. The van der Waals surface area contributed by atoms with Gasteiger partial charge in [-0.15, -0.1) is 11.3 Å². The topological polar surface area (TPSA) is 58.2 Å². The van der Waals surface area contributed by atoms with E-state index in [0.29, 0.717) is 19.4 Å². The van der Waals surface area contributed by atoms with E-state index in [2.05, 4.69) is 26.0 Å². The Hall–Kier alpha value is -0.600. The highest BCUT2D eigenvalue weighted by Gasteiger charge is 2.18. The van der Waals surface area contributed by atoms with Gasteiger partial charge in [-0.2, -0.15) is 0 Å². The molecule has 1 aromatic heterocycles. The Kier molecular flexibility index (Phi) is 5.67. The van der Waals surface area contributed by atoms with Gasteiger partial charge in [0.25, 0.3) is 10.0 Å². The summed E-state index contributed by atoms with van der Waals surface area (Å²) in [5, 5.41) is 3.51. The van der Waals surface area contributed by atoms with Gasteiger partial charge in [0.15, 0.2) is 0 Å². The monoisotopic (exact) mass is 408 g/mol. The average Bonchev–Trinajstić information content (AvgIpc) is 2.90. The summed E-state index contributed by atoms with van der Waals surface area (Å²) in [5.74, 6) is 0. The van der Waals surface area contributed by atoms with Crippen LogP contribution in [0.2, 0.25) is 5.02 Å². The molecule has 0 spiro atoms. The molecule has 0 aliphatic heterocycles. The van der Waals surface area contributed by atoms with Crippen LogP contribution >= 0.6 is 38.9 Å². The Morgan fingerprint density at radius 1 is 1.29 bits per heavy atom. The average molecular weight is 410 g/mol. The summed E-state index contributed by atoms with van der Waals surface area (Å²) < 4.78 is 28.2. The van der Waals surface area contributed by atoms with E-state index in [0.717, 1.165) is 17.8 Å². The maximum absolute atomic E-state index is 12.4. The number of anilines is 1. The van der Waals surface area contributed by atoms with Gasteiger partial charge in [0.1, 0.15) is 4.21 Å². The van der Waals surface area contributed by atoms with Gasteiger partial charge in [0.2, 0.25) is 0 Å². The lowest BCUT2D eigenvalue weighted by Crippen LogP contribution is -2.12. The van der Waals surface area contributed by atoms with Crippen molar-refractivity contribution in [2.24, 2.45) is 0 Å². The highest BCUT2D eigenvalue weighted by Crippen LogP contribution is 2.30. The van der Waals surface area contributed by atoms with Crippen LogP contribution in [0.1, 0.15) is 4.88 Å². The van der Waals surface area contributed by atoms with E-state index < -0.39 is 10.0 Å². The molecule has 0 fully saturated rings. The van der Waals surface area contributed by atoms with E-state index in [-0.39, 0.29) is 0 Å². The SMILES string of the molecule is CNCCc1ccc(S(=O)(=O)Nc2cc(Cl)ccc2Br)s1. The fraction of sp³-hybridized carbons (Fsp3) is 0.231. The standard InChI is InChI=1S/C13H14BrClN2O2S2/c1-16-7-6-10-3-5-13(20-10)21(18,19)17-12-8-9(15)2-4-11(12)14/h2-5,8,16-17H,6-7H2,1H3. The van der Waals surface area contributed by atoms with Crippen LogP contribution in [-0.4, -0.2) is 22.0 Å². The normalized spacial score (nSPS) is 11.6. The molecule has 2 rings (SSSR count). The molecule has 114 valence electrons. The molecule has 21 heavy (non-hydrogen) atoms. The van der Waals surface area contributed by atoms with Crippen molar-refractivity contribution in [3.05, 3.63) is 44.7 Å². The van der Waals surface area contributed by atoms with Gasteiger partial charge >= 0.3 is 0 Å². The number of rotatable bonds is 6. The minimum atomic E-state index is -3.60. The van der Waals surface area contributed by atoms with Crippen LogP contribution in [0.3, 0.4) is 0 Å². The van der Waals surface area contributed by atoms with Crippen LogP contribution in [-0.2, 0) is 16.4 Å². The number of likely N-dealkylation sites (N-methyl/N-ethyl adjacent to an activating group) is 1. The van der Waals surface area contributed by atoms with Crippen molar-refractivity contribution >= 4 is 54.6 Å². The summed E-state index contributed by atoms with van der Waals surface area (Å²) in [6.45, 7) is 0.813. The van der Waals surface area contributed by atoms with Crippen molar-refractivity contribution in [3.63, 3.8) is 0 Å². The Morgan fingerprint density at radius 3 is 2.76 bits per heavy atom. The molecule has 0 bridgehead atoms. The van der Waals surface area contributed by atoms with Crippen molar-refractivity contribution in [2.45, 2.75) is 10.6 Å². The zero-order chi connectivity index (χ0) is 15.5. The molecule has 8 heteroatoms. The fourth-order valence-corrected chi connectivity index (χ4v) is 4.73. The van der Waals surface area contributed by atoms with Crippen LogP contribution in [0, 0.1) is 0 Å². The highest BCUT2D eigenvalue weighted by atomic mass is 79.9. The Morgan fingerprint density at radius 2 is 2.05 bits per heavy atom. The van der Waals surface area contributed by atoms with E-state index in [1.165, 1.54) is 11.3 Å². The molecule has 0 radical (unpaired) electrons. The van der Waals surface area contributed by atoms with Gasteiger partial charge in [-0.3, -0.25) is 4.72 Å². The smallest absolute Gasteiger partial charge is 0.271 e. The molecule has 0 aliphatic carbocycles. The van der Waals surface area contributed by atoms with Crippen LogP contribution < -0.4 is 10.0 Å². The molecule has 0 amide bonds. The van der Waals surface area contributed by atoms with E-state index >= 15 is 0 Å². The lowest BCUT2D eigenvalue weighted by Gasteiger charge is -2.08. The lowest BCUT2D eigenvalue weighted by molar-refractivity contribution is 0.603. The maximum Gasteiger partial charge on any atom is 0.271 e. The third-order valence-electron chi connectivity index (χ3n) is 2.70. The van der Waals surface area contributed by atoms with Crippen molar-refractivity contribution in [1.29, 1.82) is 0 Å².